The van der Waals surface area contributed by atoms with Crippen molar-refractivity contribution in [1.82, 2.24) is 0 Å². The summed E-state index contributed by atoms with van der Waals surface area (Å²) < 4.78 is 14.0. The highest BCUT2D eigenvalue weighted by Gasteiger charge is 2.64. The molecule has 1 fully saturated rings. The highest BCUT2D eigenvalue weighted by atomic mass is 32.2. The lowest BCUT2D eigenvalue weighted by Gasteiger charge is -2.58. The number of benzene rings is 3. The maximum atomic E-state index is 11.7. The summed E-state index contributed by atoms with van der Waals surface area (Å²) in [7, 11) is 0. The van der Waals surface area contributed by atoms with Crippen molar-refractivity contribution in [3.63, 3.8) is 0 Å². The summed E-state index contributed by atoms with van der Waals surface area (Å²) >= 11 is 1.59. The number of unbranched alkanes of at least 4 members (excludes halogenated alkanes) is 2. The van der Waals surface area contributed by atoms with Crippen LogP contribution in [-0.4, -0.2) is 62.7 Å². The summed E-state index contributed by atoms with van der Waals surface area (Å²) in [5.41, 5.74) is 3.95. The number of rotatable bonds is 18. The minimum atomic E-state index is -1.21. The predicted octanol–water partition coefficient (Wildman–Crippen LogP) is 7.88. The largest absolute Gasteiger partial charge is 0.508 e. The Kier molecular flexibility index (Phi) is 13.3. The molecule has 0 spiro atoms. The van der Waals surface area contributed by atoms with Gasteiger partial charge in [0.05, 0.1) is 28.4 Å². The van der Waals surface area contributed by atoms with E-state index in [4.69, 9.17) is 19.5 Å². The number of thioether (sulfide) groups is 1. The van der Waals surface area contributed by atoms with Gasteiger partial charge in [0.2, 0.25) is 11.7 Å². The standard InChI is InChI=1S/C42H49N3O9S/c1-3-22-52-42-39(55-33-17-12-30(13-18-33)43-27(2)48)25-37(44-53-26-28-10-14-31(15-11-28)45(50)51)35-23-29(8-4-6-20-46)34(9-5-7-21-47)40(41(35)42)36-24-32(49)16-19-38(36)54-42/h3,10-19,23-24,29,34,39-41,46-47,49H,1,4-9,20-22,25-26H2,2H3,(H,43,48). The summed E-state index contributed by atoms with van der Waals surface area (Å²) in [4.78, 5) is 29.5. The minimum Gasteiger partial charge on any atom is -0.508 e. The number of fused-ring (bicyclic) bond motifs is 2. The van der Waals surface area contributed by atoms with Crippen molar-refractivity contribution in [3.8, 4) is 11.5 Å². The second kappa shape index (κ2) is 18.3. The van der Waals surface area contributed by atoms with Gasteiger partial charge in [-0.3, -0.25) is 14.9 Å². The van der Waals surface area contributed by atoms with Crippen LogP contribution in [0.1, 0.15) is 68.9 Å². The maximum absolute atomic E-state index is 11.7. The predicted molar refractivity (Wildman–Crippen MR) is 211 cm³/mol. The number of aromatic hydroxyl groups is 1. The molecule has 1 saturated carbocycles. The smallest absolute Gasteiger partial charge is 0.269 e. The number of oxime groups is 1. The van der Waals surface area contributed by atoms with Gasteiger partial charge in [0.15, 0.2) is 0 Å². The molecule has 6 unspecified atom stereocenters. The zero-order valence-electron chi connectivity index (χ0n) is 31.0. The van der Waals surface area contributed by atoms with E-state index < -0.39 is 10.7 Å². The van der Waals surface area contributed by atoms with Gasteiger partial charge in [-0.05, 0) is 103 Å². The van der Waals surface area contributed by atoms with E-state index in [0.717, 1.165) is 53.0 Å². The molecular weight excluding hydrogens is 723 g/mol. The fourth-order valence-electron chi connectivity index (χ4n) is 8.32. The molecule has 0 aromatic heterocycles. The van der Waals surface area contributed by atoms with Crippen LogP contribution in [0, 0.1) is 27.9 Å². The summed E-state index contributed by atoms with van der Waals surface area (Å²) in [5, 5.41) is 48.9. The first-order valence-electron chi connectivity index (χ1n) is 18.8. The van der Waals surface area contributed by atoms with Gasteiger partial charge in [-0.25, -0.2) is 0 Å². The van der Waals surface area contributed by atoms with E-state index in [1.807, 2.05) is 30.3 Å². The number of allylic oxidation sites excluding steroid dienone is 1. The van der Waals surface area contributed by atoms with Gasteiger partial charge in [0, 0.05) is 60.8 Å². The molecule has 0 bridgehead atoms. The molecule has 4 N–H and O–H groups in total. The number of hydrogen-bond donors (Lipinski definition) is 4. The van der Waals surface area contributed by atoms with Gasteiger partial charge in [-0.15, -0.1) is 18.3 Å². The maximum Gasteiger partial charge on any atom is 0.269 e. The van der Waals surface area contributed by atoms with Gasteiger partial charge in [0.1, 0.15) is 18.1 Å². The molecule has 1 aliphatic heterocycles. The van der Waals surface area contributed by atoms with Crippen molar-refractivity contribution in [2.45, 2.75) is 80.3 Å². The molecule has 6 rings (SSSR count). The average molecular weight is 772 g/mol. The molecule has 3 aromatic carbocycles. The summed E-state index contributed by atoms with van der Waals surface area (Å²) in [6, 6.07) is 19.0. The first-order chi connectivity index (χ1) is 26.7. The van der Waals surface area contributed by atoms with E-state index in [1.54, 1.807) is 42.1 Å². The van der Waals surface area contributed by atoms with Gasteiger partial charge < -0.3 is 34.9 Å². The van der Waals surface area contributed by atoms with E-state index in [0.29, 0.717) is 30.7 Å². The number of aliphatic hydroxyl groups excluding tert-OH is 2. The van der Waals surface area contributed by atoms with Crippen LogP contribution >= 0.6 is 11.8 Å². The third-order valence-electron chi connectivity index (χ3n) is 10.6. The zero-order valence-corrected chi connectivity index (χ0v) is 31.8. The van der Waals surface area contributed by atoms with E-state index >= 15 is 0 Å². The number of ether oxygens (including phenoxy) is 2. The second-order valence-electron chi connectivity index (χ2n) is 14.3. The highest BCUT2D eigenvalue weighted by molar-refractivity contribution is 8.00. The molecule has 3 aromatic rings. The number of nitro benzene ring substituents is 1. The van der Waals surface area contributed by atoms with Gasteiger partial charge in [-0.2, -0.15) is 0 Å². The van der Waals surface area contributed by atoms with Crippen LogP contribution in [0.25, 0.3) is 0 Å². The number of hydrogen-bond acceptors (Lipinski definition) is 11. The molecule has 12 nitrogen and oxygen atoms in total. The van der Waals surface area contributed by atoms with Crippen LogP contribution in [0.4, 0.5) is 11.4 Å². The Hall–Kier alpha value is -4.69. The Balaban J connectivity index is 1.49. The number of nitro groups is 1. The van der Waals surface area contributed by atoms with Gasteiger partial charge >= 0.3 is 0 Å². The molecule has 2 aliphatic carbocycles. The van der Waals surface area contributed by atoms with Crippen LogP contribution in [0.15, 0.2) is 101 Å². The molecule has 3 aliphatic rings. The molecule has 6 atom stereocenters. The molecule has 13 heteroatoms. The Labute approximate surface area is 325 Å². The van der Waals surface area contributed by atoms with Crippen LogP contribution < -0.4 is 10.1 Å². The summed E-state index contributed by atoms with van der Waals surface area (Å²) in [5.74, 6) is -1.01. The Morgan fingerprint density at radius 2 is 1.80 bits per heavy atom. The monoisotopic (exact) mass is 771 g/mol. The Morgan fingerprint density at radius 1 is 1.07 bits per heavy atom. The molecule has 55 heavy (non-hydrogen) atoms. The fraction of sp³-hybridized carbons (Fsp3) is 0.429. The van der Waals surface area contributed by atoms with Crippen molar-refractivity contribution in [1.29, 1.82) is 0 Å². The van der Waals surface area contributed by atoms with Crippen LogP contribution in [0.5, 0.6) is 11.5 Å². The third-order valence-corrected chi connectivity index (χ3v) is 12.0. The third kappa shape index (κ3) is 9.07. The van der Waals surface area contributed by atoms with Crippen molar-refractivity contribution in [3.05, 3.63) is 112 Å². The quantitative estimate of drug-likeness (QED) is 0.0431. The molecular formula is C42H49N3O9S. The Bertz CT molecular complexity index is 1880. The number of non-ortho nitro benzene ring substituents is 1. The lowest BCUT2D eigenvalue weighted by molar-refractivity contribution is -0.384. The molecule has 0 radical (unpaired) electrons. The number of carbonyl (C=O) groups excluding carboxylic acids is 1. The second-order valence-corrected chi connectivity index (χ2v) is 15.6. The van der Waals surface area contributed by atoms with Crippen LogP contribution in [-0.2, 0) is 21.0 Å². The number of nitrogens with zero attached hydrogens (tertiary/aromatic N) is 2. The molecule has 1 amide bonds. The number of amides is 1. The van der Waals surface area contributed by atoms with Crippen molar-refractivity contribution >= 4 is 34.8 Å². The summed E-state index contributed by atoms with van der Waals surface area (Å²) in [6.45, 7) is 5.93. The topological polar surface area (TPSA) is 173 Å². The number of nitrogens with one attached hydrogen (secondary N) is 1. The molecule has 1 heterocycles. The average Bonchev–Trinajstić information content (AvgIpc) is 3.17. The van der Waals surface area contributed by atoms with Crippen LogP contribution in [0.3, 0.4) is 0 Å². The highest BCUT2D eigenvalue weighted by Crippen LogP contribution is 2.63. The first kappa shape index (κ1) is 40.0. The first-order valence-corrected chi connectivity index (χ1v) is 19.7. The normalized spacial score (nSPS) is 24.5. The lowest BCUT2D eigenvalue weighted by atomic mass is 9.56. The molecule has 292 valence electrons. The minimum absolute atomic E-state index is 0.00835. The van der Waals surface area contributed by atoms with Crippen molar-refractivity contribution < 1.29 is 39.3 Å². The van der Waals surface area contributed by atoms with Gasteiger partial charge in [0.25, 0.3) is 5.69 Å². The number of aliphatic hydroxyl groups is 2. The fourth-order valence-corrected chi connectivity index (χ4v) is 9.61. The van der Waals surface area contributed by atoms with Crippen molar-refractivity contribution in [2.24, 2.45) is 22.9 Å². The number of phenolic OH excluding ortho intramolecular Hbond substituents is 1. The number of phenols is 1. The number of anilines is 1. The van der Waals surface area contributed by atoms with Crippen molar-refractivity contribution in [2.75, 3.05) is 25.1 Å². The molecule has 0 saturated heterocycles. The lowest BCUT2D eigenvalue weighted by Crippen LogP contribution is -2.64. The zero-order chi connectivity index (χ0) is 39.0. The van der Waals surface area contributed by atoms with Crippen LogP contribution in [0.2, 0.25) is 0 Å². The van der Waals surface area contributed by atoms with E-state index in [9.17, 15) is 30.2 Å². The van der Waals surface area contributed by atoms with E-state index in [1.165, 1.54) is 19.1 Å². The summed E-state index contributed by atoms with van der Waals surface area (Å²) in [6.07, 6.45) is 8.99. The Morgan fingerprint density at radius 3 is 2.47 bits per heavy atom. The SMILES string of the molecule is C=CCOC12Oc3ccc(O)cc3C3C(CCCCO)C(CCCCO)C=C(C(=NOCc4ccc([N+](=O)[O-])cc4)CC1Sc1ccc(NC(C)=O)cc1)C32. The number of carbonyl (C=O) groups is 1. The van der Waals surface area contributed by atoms with E-state index in [2.05, 4.69) is 18.0 Å². The van der Waals surface area contributed by atoms with Gasteiger partial charge in [-0.1, -0.05) is 30.1 Å². The van der Waals surface area contributed by atoms with E-state index in [-0.39, 0.29) is 72.7 Å².